The van der Waals surface area contributed by atoms with Gasteiger partial charge in [0.1, 0.15) is 0 Å². The Morgan fingerprint density at radius 1 is 0.301 bits per heavy atom. The molecule has 0 amide bonds. The predicted octanol–water partition coefficient (Wildman–Crippen LogP) is 19.6. The van der Waals surface area contributed by atoms with Gasteiger partial charge in [0, 0.05) is 0 Å². The molecule has 384 valence electrons. The summed E-state index contributed by atoms with van der Waals surface area (Å²) in [5, 5.41) is 0. The van der Waals surface area contributed by atoms with Crippen LogP contribution >= 0.6 is 0 Å². The maximum absolute atomic E-state index is 5.46. The molecule has 6 aromatic rings. The number of aromatic nitrogens is 2. The number of para-hydroxylation sites is 2. The van der Waals surface area contributed by atoms with Crippen molar-refractivity contribution in [2.45, 2.75) is 192 Å². The van der Waals surface area contributed by atoms with Crippen LogP contribution in [-0.4, -0.2) is 32.8 Å². The first-order valence-corrected chi connectivity index (χ1v) is 27.2. The van der Waals surface area contributed by atoms with E-state index in [1.165, 1.54) is 55.6 Å². The summed E-state index contributed by atoms with van der Waals surface area (Å²) in [5.41, 5.74) is 24.0. The van der Waals surface area contributed by atoms with Gasteiger partial charge in [-0.1, -0.05) is 184 Å². The SMILES string of the molecule is CC(=Nc1c(C(C)C)cccc1C(C)C)c1cccc(C(C)=Nc2c(C(C)C)cc(Cc3cc(C(C)C)c(N=C(C)c4cccc(C(C)=Nc5c(C(C)C)cccc5C(C)C)n4)c(C(C)C)c3)cc2C(C)C)n1. The second-order valence-corrected chi connectivity index (χ2v) is 22.8. The molecule has 0 saturated carbocycles. The van der Waals surface area contributed by atoms with Crippen LogP contribution < -0.4 is 0 Å². The molecule has 4 aromatic carbocycles. The van der Waals surface area contributed by atoms with E-state index in [4.69, 9.17) is 29.9 Å². The highest BCUT2D eigenvalue weighted by molar-refractivity contribution is 6.04. The van der Waals surface area contributed by atoms with Gasteiger partial charge in [-0.05, 0) is 161 Å². The molecule has 6 heteroatoms. The third-order valence-electron chi connectivity index (χ3n) is 14.1. The molecule has 0 aliphatic heterocycles. The van der Waals surface area contributed by atoms with Crippen molar-refractivity contribution in [1.82, 2.24) is 9.97 Å². The van der Waals surface area contributed by atoms with E-state index in [-0.39, 0.29) is 23.7 Å². The normalized spacial score (nSPS) is 13.2. The lowest BCUT2D eigenvalue weighted by Crippen LogP contribution is -2.07. The fourth-order valence-electron chi connectivity index (χ4n) is 9.80. The van der Waals surface area contributed by atoms with E-state index in [9.17, 15) is 0 Å². The third-order valence-corrected chi connectivity index (χ3v) is 14.1. The number of hydrogen-bond donors (Lipinski definition) is 0. The zero-order valence-electron chi connectivity index (χ0n) is 48.2. The summed E-state index contributed by atoms with van der Waals surface area (Å²) in [6.45, 7) is 44.5. The molecule has 0 saturated heterocycles. The van der Waals surface area contributed by atoms with Crippen molar-refractivity contribution in [3.05, 3.63) is 175 Å². The van der Waals surface area contributed by atoms with Gasteiger partial charge in [-0.2, -0.15) is 0 Å². The molecule has 0 spiro atoms. The number of hydrogen-bond acceptors (Lipinski definition) is 6. The summed E-state index contributed by atoms with van der Waals surface area (Å²) < 4.78 is 0. The van der Waals surface area contributed by atoms with Crippen LogP contribution in [0, 0.1) is 0 Å². The number of aliphatic imine (C=N–C) groups is 4. The molecule has 0 N–H and O–H groups in total. The van der Waals surface area contributed by atoms with E-state index < -0.39 is 0 Å². The van der Waals surface area contributed by atoms with Gasteiger partial charge in [-0.3, -0.25) is 20.0 Å². The van der Waals surface area contributed by atoms with Gasteiger partial charge in [-0.15, -0.1) is 0 Å². The van der Waals surface area contributed by atoms with E-state index in [0.717, 1.165) is 74.8 Å². The molecule has 0 unspecified atom stereocenters. The molecule has 2 heterocycles. The Hall–Kier alpha value is -6.14. The molecule has 0 aliphatic rings. The van der Waals surface area contributed by atoms with Crippen LogP contribution in [0.25, 0.3) is 0 Å². The van der Waals surface area contributed by atoms with Gasteiger partial charge in [0.2, 0.25) is 0 Å². The lowest BCUT2D eigenvalue weighted by Gasteiger charge is -2.22. The van der Waals surface area contributed by atoms with Gasteiger partial charge in [0.25, 0.3) is 0 Å². The van der Waals surface area contributed by atoms with Crippen LogP contribution in [0.4, 0.5) is 22.7 Å². The van der Waals surface area contributed by atoms with Gasteiger partial charge in [-0.25, -0.2) is 9.97 Å². The Morgan fingerprint density at radius 3 is 0.699 bits per heavy atom. The molecule has 6 nitrogen and oxygen atoms in total. The van der Waals surface area contributed by atoms with E-state index in [0.29, 0.717) is 23.7 Å². The lowest BCUT2D eigenvalue weighted by molar-refractivity contribution is 0.824. The van der Waals surface area contributed by atoms with E-state index >= 15 is 0 Å². The number of benzene rings is 4. The van der Waals surface area contributed by atoms with Crippen molar-refractivity contribution < 1.29 is 0 Å². The van der Waals surface area contributed by atoms with Gasteiger partial charge >= 0.3 is 0 Å². The first-order chi connectivity index (χ1) is 34.5. The average Bonchev–Trinajstić information content (AvgIpc) is 3.34. The monoisotopic (exact) mass is 975 g/mol. The highest BCUT2D eigenvalue weighted by Gasteiger charge is 2.22. The quantitative estimate of drug-likeness (QED) is 0.0805. The zero-order chi connectivity index (χ0) is 53.6. The van der Waals surface area contributed by atoms with Gasteiger partial charge in [0.15, 0.2) is 0 Å². The van der Waals surface area contributed by atoms with Crippen molar-refractivity contribution in [3.63, 3.8) is 0 Å². The molecular formula is C67H86N6. The van der Waals surface area contributed by atoms with Crippen LogP contribution in [0.2, 0.25) is 0 Å². The fraction of sp³-hybridized carbons (Fsp3) is 0.433. The summed E-state index contributed by atoms with van der Waals surface area (Å²) in [6.07, 6.45) is 0.812. The Balaban J connectivity index is 1.36. The maximum atomic E-state index is 5.46. The van der Waals surface area contributed by atoms with Crippen LogP contribution in [-0.2, 0) is 6.42 Å². The van der Waals surface area contributed by atoms with Crippen LogP contribution in [0.15, 0.2) is 117 Å². The highest BCUT2D eigenvalue weighted by atomic mass is 14.9. The largest absolute Gasteiger partial charge is 0.251 e. The maximum Gasteiger partial charge on any atom is 0.0849 e. The van der Waals surface area contributed by atoms with E-state index in [1.54, 1.807) is 0 Å². The van der Waals surface area contributed by atoms with E-state index in [1.807, 2.05) is 0 Å². The molecule has 0 atom stereocenters. The summed E-state index contributed by atoms with van der Waals surface area (Å²) in [7, 11) is 0. The molecule has 2 aromatic heterocycles. The molecule has 0 fully saturated rings. The lowest BCUT2D eigenvalue weighted by atomic mass is 9.86. The zero-order valence-corrected chi connectivity index (χ0v) is 48.2. The second kappa shape index (κ2) is 24.3. The Bertz CT molecular complexity index is 2720. The van der Waals surface area contributed by atoms with Gasteiger partial charge in [0.05, 0.1) is 68.4 Å². The Labute approximate surface area is 441 Å². The first-order valence-electron chi connectivity index (χ1n) is 27.2. The van der Waals surface area contributed by atoms with Gasteiger partial charge < -0.3 is 0 Å². The highest BCUT2D eigenvalue weighted by Crippen LogP contribution is 2.41. The molecule has 0 bridgehead atoms. The van der Waals surface area contributed by atoms with Crippen LogP contribution in [0.3, 0.4) is 0 Å². The van der Waals surface area contributed by atoms with Crippen LogP contribution in [0.5, 0.6) is 0 Å². The molecular weight excluding hydrogens is 889 g/mol. The Morgan fingerprint density at radius 2 is 0.493 bits per heavy atom. The number of nitrogens with zero attached hydrogens (tertiary/aromatic N) is 6. The minimum Gasteiger partial charge on any atom is -0.251 e. The molecule has 0 aliphatic carbocycles. The smallest absolute Gasteiger partial charge is 0.0849 e. The topological polar surface area (TPSA) is 75.2 Å². The summed E-state index contributed by atoms with van der Waals surface area (Å²) in [4.78, 5) is 31.8. The minimum absolute atomic E-state index is 0.265. The molecule has 6 rings (SSSR count). The molecule has 0 radical (unpaired) electrons. The third kappa shape index (κ3) is 13.3. The summed E-state index contributed by atoms with van der Waals surface area (Å²) in [6, 6.07) is 35.2. The van der Waals surface area contributed by atoms with Crippen LogP contribution in [0.1, 0.15) is 264 Å². The summed E-state index contributed by atoms with van der Waals surface area (Å²) >= 11 is 0. The standard InChI is InChI=1S/C67H86N6/c1-38(2)52-25-21-26-53(39(3)4)64(52)68-46(17)60-29-23-31-62(72-60)48(19)70-66-56(42(9)10)34-50(35-57(66)43(11)12)33-51-36-58(44(13)14)67(59(37-51)45(15)16)71-49(20)63-32-24-30-61(73-63)47(18)69-65-54(40(5)6)27-22-28-55(65)41(7)8/h21-32,34-45H,33H2,1-20H3. The number of rotatable bonds is 18. The summed E-state index contributed by atoms with van der Waals surface area (Å²) in [5.74, 6) is 2.52. The van der Waals surface area contributed by atoms with Crippen molar-refractivity contribution in [2.24, 2.45) is 20.0 Å². The minimum atomic E-state index is 0.265. The fourth-order valence-corrected chi connectivity index (χ4v) is 9.80. The Kier molecular flexibility index (Phi) is 18.7. The van der Waals surface area contributed by atoms with E-state index in [2.05, 4.69) is 236 Å². The van der Waals surface area contributed by atoms with Crippen molar-refractivity contribution in [3.8, 4) is 0 Å². The van der Waals surface area contributed by atoms with Crippen molar-refractivity contribution >= 4 is 45.6 Å². The molecule has 73 heavy (non-hydrogen) atoms. The average molecular weight is 975 g/mol. The van der Waals surface area contributed by atoms with Crippen molar-refractivity contribution in [1.29, 1.82) is 0 Å². The first kappa shape index (κ1) is 56.2. The second-order valence-electron chi connectivity index (χ2n) is 22.8. The number of pyridine rings is 2. The predicted molar refractivity (Wildman–Crippen MR) is 317 cm³/mol. The van der Waals surface area contributed by atoms with Crippen molar-refractivity contribution in [2.75, 3.05) is 0 Å².